The lowest BCUT2D eigenvalue weighted by molar-refractivity contribution is 0.0505. The lowest BCUT2D eigenvalue weighted by atomic mass is 10.0. The minimum absolute atomic E-state index is 0.216. The Balaban J connectivity index is 1.91. The van der Waals surface area contributed by atoms with Gasteiger partial charge >= 0.3 is 12.0 Å². The number of fused-ring (bicyclic) bond motifs is 1. The molecule has 1 aliphatic carbocycles. The van der Waals surface area contributed by atoms with Crippen LogP contribution in [-0.4, -0.2) is 39.5 Å². The van der Waals surface area contributed by atoms with Gasteiger partial charge in [0.25, 0.3) is 0 Å². The molecule has 0 spiro atoms. The van der Waals surface area contributed by atoms with Crippen LogP contribution in [0.3, 0.4) is 0 Å². The maximum Gasteiger partial charge on any atom is 0.341 e. The van der Waals surface area contributed by atoms with Crippen LogP contribution in [0.2, 0.25) is 0 Å². The van der Waals surface area contributed by atoms with Gasteiger partial charge in [-0.2, -0.15) is 9.71 Å². The SMILES string of the molecule is CCCOC(=O)c1cnc(O)nc1-c1cn(OC)c2c(C3CC3)cccc12. The highest BCUT2D eigenvalue weighted by atomic mass is 16.6. The maximum absolute atomic E-state index is 12.5. The first kappa shape index (κ1) is 17.3. The normalized spacial score (nSPS) is 13.7. The smallest absolute Gasteiger partial charge is 0.341 e. The number of hydrogen-bond acceptors (Lipinski definition) is 6. The van der Waals surface area contributed by atoms with Gasteiger partial charge in [-0.3, -0.25) is 0 Å². The Morgan fingerprint density at radius 2 is 2.19 bits per heavy atom. The van der Waals surface area contributed by atoms with Crippen LogP contribution in [0.5, 0.6) is 6.01 Å². The lowest BCUT2D eigenvalue weighted by Gasteiger charge is -2.08. The molecule has 0 aliphatic heterocycles. The molecule has 0 bridgehead atoms. The molecular formula is C20H21N3O4. The topological polar surface area (TPSA) is 86.5 Å². The zero-order valence-corrected chi connectivity index (χ0v) is 15.3. The van der Waals surface area contributed by atoms with Crippen LogP contribution in [0.15, 0.2) is 30.6 Å². The molecule has 27 heavy (non-hydrogen) atoms. The van der Waals surface area contributed by atoms with Crippen LogP contribution in [0, 0.1) is 0 Å². The van der Waals surface area contributed by atoms with Crippen LogP contribution in [0.1, 0.15) is 48.0 Å². The van der Waals surface area contributed by atoms with Gasteiger partial charge in [-0.25, -0.2) is 9.78 Å². The van der Waals surface area contributed by atoms with Crippen molar-refractivity contribution in [2.75, 3.05) is 13.7 Å². The summed E-state index contributed by atoms with van der Waals surface area (Å²) in [6.45, 7) is 2.23. The summed E-state index contributed by atoms with van der Waals surface area (Å²) in [5, 5.41) is 10.7. The van der Waals surface area contributed by atoms with Crippen molar-refractivity contribution in [3.8, 4) is 17.3 Å². The van der Waals surface area contributed by atoms with Crippen molar-refractivity contribution in [2.45, 2.75) is 32.1 Å². The van der Waals surface area contributed by atoms with Crippen LogP contribution < -0.4 is 4.84 Å². The van der Waals surface area contributed by atoms with Gasteiger partial charge in [0.15, 0.2) is 0 Å². The average Bonchev–Trinajstić information content (AvgIpc) is 3.46. The predicted molar refractivity (Wildman–Crippen MR) is 99.7 cm³/mol. The van der Waals surface area contributed by atoms with Crippen LogP contribution >= 0.6 is 0 Å². The molecule has 7 heteroatoms. The summed E-state index contributed by atoms with van der Waals surface area (Å²) >= 11 is 0. The Morgan fingerprint density at radius 1 is 1.37 bits per heavy atom. The number of para-hydroxylation sites is 1. The second-order valence-electron chi connectivity index (χ2n) is 6.64. The molecule has 0 unspecified atom stereocenters. The van der Waals surface area contributed by atoms with E-state index in [1.54, 1.807) is 18.0 Å². The molecule has 2 aromatic heterocycles. The van der Waals surface area contributed by atoms with E-state index < -0.39 is 12.0 Å². The summed E-state index contributed by atoms with van der Waals surface area (Å²) in [5.74, 6) is 0.0154. The van der Waals surface area contributed by atoms with E-state index in [2.05, 4.69) is 16.0 Å². The summed E-state index contributed by atoms with van der Waals surface area (Å²) in [6.07, 6.45) is 6.12. The number of benzene rings is 1. The van der Waals surface area contributed by atoms with E-state index >= 15 is 0 Å². The molecular weight excluding hydrogens is 346 g/mol. The Hall–Kier alpha value is -3.09. The molecule has 0 atom stereocenters. The first-order valence-corrected chi connectivity index (χ1v) is 9.06. The standard InChI is InChI=1S/C20H21N3O4/c1-3-9-27-19(24)15-10-21-20(25)22-17(15)16-11-23(26-2)18-13(12-7-8-12)5-4-6-14(16)18/h4-6,10-12H,3,7-9H2,1-2H3,(H,21,22,25). The minimum Gasteiger partial charge on any atom is -0.479 e. The fraction of sp³-hybridized carbons (Fsp3) is 0.350. The van der Waals surface area contributed by atoms with Crippen LogP contribution in [0.25, 0.3) is 22.2 Å². The predicted octanol–water partition coefficient (Wildman–Crippen LogP) is 3.31. The third-order valence-corrected chi connectivity index (χ3v) is 4.73. The van der Waals surface area contributed by atoms with Crippen molar-refractivity contribution in [3.63, 3.8) is 0 Å². The van der Waals surface area contributed by atoms with Crippen molar-refractivity contribution in [1.82, 2.24) is 14.7 Å². The van der Waals surface area contributed by atoms with Gasteiger partial charge in [-0.05, 0) is 30.7 Å². The number of aromatic hydroxyl groups is 1. The van der Waals surface area contributed by atoms with E-state index in [9.17, 15) is 9.90 Å². The van der Waals surface area contributed by atoms with Gasteiger partial charge in [0, 0.05) is 17.1 Å². The van der Waals surface area contributed by atoms with Crippen molar-refractivity contribution in [3.05, 3.63) is 41.7 Å². The summed E-state index contributed by atoms with van der Waals surface area (Å²) in [5.41, 5.74) is 3.42. The second kappa shape index (κ2) is 6.90. The van der Waals surface area contributed by atoms with Gasteiger partial charge in [-0.1, -0.05) is 25.1 Å². The summed E-state index contributed by atoms with van der Waals surface area (Å²) in [4.78, 5) is 25.9. The third-order valence-electron chi connectivity index (χ3n) is 4.73. The molecule has 2 heterocycles. The Labute approximate surface area is 156 Å². The zero-order chi connectivity index (χ0) is 19.0. The first-order valence-electron chi connectivity index (χ1n) is 9.06. The number of hydrogen-bond donors (Lipinski definition) is 1. The summed E-state index contributed by atoms with van der Waals surface area (Å²) < 4.78 is 6.95. The summed E-state index contributed by atoms with van der Waals surface area (Å²) in [6, 6.07) is 5.67. The van der Waals surface area contributed by atoms with Crippen molar-refractivity contribution < 1.29 is 19.5 Å². The molecule has 0 saturated heterocycles. The van der Waals surface area contributed by atoms with Crippen LogP contribution in [-0.2, 0) is 4.74 Å². The number of carbonyl (C=O) groups is 1. The Kier molecular flexibility index (Phi) is 4.43. The fourth-order valence-corrected chi connectivity index (χ4v) is 3.33. The quantitative estimate of drug-likeness (QED) is 0.673. The van der Waals surface area contributed by atoms with Crippen molar-refractivity contribution in [2.24, 2.45) is 0 Å². The molecule has 1 aromatic carbocycles. The molecule has 1 fully saturated rings. The zero-order valence-electron chi connectivity index (χ0n) is 15.3. The number of rotatable bonds is 6. The molecule has 1 N–H and O–H groups in total. The number of nitrogens with zero attached hydrogens (tertiary/aromatic N) is 3. The summed E-state index contributed by atoms with van der Waals surface area (Å²) in [7, 11) is 1.60. The van der Waals surface area contributed by atoms with Gasteiger partial charge in [0.1, 0.15) is 12.7 Å². The monoisotopic (exact) mass is 367 g/mol. The largest absolute Gasteiger partial charge is 0.479 e. The maximum atomic E-state index is 12.5. The molecule has 1 aliphatic rings. The van der Waals surface area contributed by atoms with E-state index in [-0.39, 0.29) is 5.56 Å². The molecule has 0 amide bonds. The second-order valence-corrected chi connectivity index (χ2v) is 6.64. The molecule has 4 rings (SSSR count). The molecule has 3 aromatic rings. The highest BCUT2D eigenvalue weighted by Crippen LogP contribution is 2.45. The van der Waals surface area contributed by atoms with Gasteiger partial charge in [-0.15, -0.1) is 0 Å². The molecule has 7 nitrogen and oxygen atoms in total. The number of aromatic nitrogens is 3. The molecule has 0 radical (unpaired) electrons. The highest BCUT2D eigenvalue weighted by molar-refractivity contribution is 6.03. The Bertz CT molecular complexity index is 1010. The van der Waals surface area contributed by atoms with E-state index in [0.717, 1.165) is 23.7 Å². The first-order chi connectivity index (χ1) is 13.1. The minimum atomic E-state index is -0.511. The number of esters is 1. The van der Waals surface area contributed by atoms with Crippen LogP contribution in [0.4, 0.5) is 0 Å². The van der Waals surface area contributed by atoms with Crippen molar-refractivity contribution in [1.29, 1.82) is 0 Å². The molecule has 140 valence electrons. The highest BCUT2D eigenvalue weighted by Gasteiger charge is 2.29. The van der Waals surface area contributed by atoms with E-state index in [1.807, 2.05) is 19.1 Å². The van der Waals surface area contributed by atoms with Gasteiger partial charge in [0.05, 0.1) is 24.0 Å². The fourth-order valence-electron chi connectivity index (χ4n) is 3.33. The molecule has 1 saturated carbocycles. The van der Waals surface area contributed by atoms with Crippen molar-refractivity contribution >= 4 is 16.9 Å². The van der Waals surface area contributed by atoms with Gasteiger partial charge < -0.3 is 14.7 Å². The van der Waals surface area contributed by atoms with E-state index in [0.29, 0.717) is 30.2 Å². The van der Waals surface area contributed by atoms with Gasteiger partial charge in [0.2, 0.25) is 0 Å². The number of carbonyl (C=O) groups excluding carboxylic acids is 1. The third kappa shape index (κ3) is 3.09. The average molecular weight is 367 g/mol. The van der Waals surface area contributed by atoms with E-state index in [4.69, 9.17) is 9.57 Å². The van der Waals surface area contributed by atoms with E-state index in [1.165, 1.54) is 11.8 Å². The lowest BCUT2D eigenvalue weighted by Crippen LogP contribution is -2.09. The Morgan fingerprint density at radius 3 is 2.89 bits per heavy atom. The number of ether oxygens (including phenoxy) is 1.